The summed E-state index contributed by atoms with van der Waals surface area (Å²) in [5.41, 5.74) is -0.377. The number of carbonyl (C=O) groups is 2. The minimum absolute atomic E-state index is 0.0202. The fraction of sp³-hybridized carbons (Fsp3) is 0.300. The maximum Gasteiger partial charge on any atom is 0.421 e. The molecule has 48 heavy (non-hydrogen) atoms. The van der Waals surface area contributed by atoms with Crippen LogP contribution in [0.25, 0.3) is 11.3 Å². The maximum atomic E-state index is 14.1. The third-order valence-corrected chi connectivity index (χ3v) is 9.12. The average Bonchev–Trinajstić information content (AvgIpc) is 3.47. The summed E-state index contributed by atoms with van der Waals surface area (Å²) in [7, 11) is -0.972. The molecule has 1 aromatic carbocycles. The van der Waals surface area contributed by atoms with Gasteiger partial charge in [0.05, 0.1) is 43.6 Å². The first-order chi connectivity index (χ1) is 22.8. The van der Waals surface area contributed by atoms with Crippen molar-refractivity contribution < 1.29 is 46.2 Å². The van der Waals surface area contributed by atoms with Crippen molar-refractivity contribution in [3.8, 4) is 17.0 Å². The minimum Gasteiger partial charge on any atom is -0.495 e. The van der Waals surface area contributed by atoms with E-state index in [1.54, 1.807) is 25.1 Å². The van der Waals surface area contributed by atoms with E-state index in [0.29, 0.717) is 17.3 Å². The number of methoxy groups -OCH3 is 1. The second kappa shape index (κ2) is 14.0. The number of hydrogen-bond donors (Lipinski definition) is 4. The van der Waals surface area contributed by atoms with Crippen LogP contribution in [0.2, 0.25) is 0 Å². The fourth-order valence-corrected chi connectivity index (χ4v) is 6.65. The molecule has 0 fully saturated rings. The van der Waals surface area contributed by atoms with E-state index in [1.807, 2.05) is 0 Å². The molecule has 4 aliphatic heterocycles. The van der Waals surface area contributed by atoms with E-state index >= 15 is 0 Å². The lowest BCUT2D eigenvalue weighted by Crippen LogP contribution is -2.21. The molecule has 254 valence electrons. The Bertz CT molecular complexity index is 1900. The zero-order valence-electron chi connectivity index (χ0n) is 25.9. The molecular formula is C30H31F3N7O7P. The molecular weight excluding hydrogens is 658 g/mol. The van der Waals surface area contributed by atoms with Crippen LogP contribution < -0.4 is 20.7 Å². The summed E-state index contributed by atoms with van der Waals surface area (Å²) in [5.74, 6) is -2.64. The zero-order chi connectivity index (χ0) is 34.6. The third kappa shape index (κ3) is 7.59. The highest BCUT2D eigenvalue weighted by Crippen LogP contribution is 2.52. The molecule has 7 heterocycles. The molecule has 8 rings (SSSR count). The minimum atomic E-state index is -4.88. The van der Waals surface area contributed by atoms with E-state index < -0.39 is 37.0 Å². The van der Waals surface area contributed by atoms with Crippen LogP contribution in [0.3, 0.4) is 0 Å². The van der Waals surface area contributed by atoms with E-state index in [2.05, 4.69) is 30.9 Å². The number of rotatable bonds is 5. The van der Waals surface area contributed by atoms with Crippen molar-refractivity contribution in [3.63, 3.8) is 0 Å². The summed E-state index contributed by atoms with van der Waals surface area (Å²) in [6.07, 6.45) is -2.64. The Morgan fingerprint density at radius 1 is 1.15 bits per heavy atom. The van der Waals surface area contributed by atoms with Crippen LogP contribution in [0.1, 0.15) is 45.4 Å². The van der Waals surface area contributed by atoms with Gasteiger partial charge in [-0.25, -0.2) is 14.8 Å². The van der Waals surface area contributed by atoms with Crippen molar-refractivity contribution in [2.75, 3.05) is 38.0 Å². The van der Waals surface area contributed by atoms with Crippen LogP contribution in [-0.2, 0) is 32.5 Å². The average molecular weight is 690 g/mol. The van der Waals surface area contributed by atoms with E-state index in [0.717, 1.165) is 0 Å². The van der Waals surface area contributed by atoms with Gasteiger partial charge in [0.1, 0.15) is 22.8 Å². The number of carbonyl (C=O) groups excluding carboxylic acids is 1. The number of pyridine rings is 1. The number of aromatic nitrogens is 4. The highest BCUT2D eigenvalue weighted by molar-refractivity contribution is 7.53. The van der Waals surface area contributed by atoms with Gasteiger partial charge >= 0.3 is 19.7 Å². The Morgan fingerprint density at radius 3 is 2.60 bits per heavy atom. The van der Waals surface area contributed by atoms with Crippen LogP contribution >= 0.6 is 7.60 Å². The van der Waals surface area contributed by atoms with Crippen molar-refractivity contribution >= 4 is 42.6 Å². The number of anilines is 4. The first-order valence-electron chi connectivity index (χ1n) is 14.5. The number of ether oxygens (including phenoxy) is 1. The van der Waals surface area contributed by atoms with E-state index in [9.17, 15) is 32.4 Å². The molecule has 4 N–H and O–H groups in total. The Morgan fingerprint density at radius 2 is 1.92 bits per heavy atom. The topological polar surface area (TPSA) is 179 Å². The molecule has 0 unspecified atom stereocenters. The maximum absolute atomic E-state index is 14.1. The van der Waals surface area contributed by atoms with Crippen molar-refractivity contribution in [2.45, 2.75) is 32.2 Å². The van der Waals surface area contributed by atoms with Crippen molar-refractivity contribution in [1.29, 1.82) is 0 Å². The summed E-state index contributed by atoms with van der Waals surface area (Å²) in [5, 5.41) is 17.7. The molecule has 8 bridgehead atoms. The normalized spacial score (nSPS) is 16.6. The van der Waals surface area contributed by atoms with Gasteiger partial charge in [0.15, 0.2) is 5.69 Å². The van der Waals surface area contributed by atoms with Gasteiger partial charge in [-0.15, -0.1) is 0 Å². The number of aryl methyl sites for hydroxylation is 1. The number of alkyl halides is 3. The van der Waals surface area contributed by atoms with Crippen LogP contribution in [-0.4, -0.2) is 63.9 Å². The van der Waals surface area contributed by atoms with Crippen LogP contribution in [0.5, 0.6) is 5.75 Å². The number of benzene rings is 1. The predicted molar refractivity (Wildman–Crippen MR) is 168 cm³/mol. The van der Waals surface area contributed by atoms with Crippen LogP contribution in [0, 0.1) is 0 Å². The summed E-state index contributed by atoms with van der Waals surface area (Å²) in [4.78, 5) is 37.3. The number of halogens is 3. The summed E-state index contributed by atoms with van der Waals surface area (Å²) in [6, 6.07) is 8.84. The monoisotopic (exact) mass is 689 g/mol. The van der Waals surface area contributed by atoms with E-state index in [4.69, 9.17) is 13.8 Å². The molecule has 0 saturated carbocycles. The largest absolute Gasteiger partial charge is 0.495 e. The molecule has 3 aromatic heterocycles. The number of nitrogens with one attached hydrogen (secondary N) is 3. The second-order valence-corrected chi connectivity index (χ2v) is 12.5. The Balaban J connectivity index is 1.66. The van der Waals surface area contributed by atoms with Gasteiger partial charge in [0.2, 0.25) is 5.95 Å². The third-order valence-electron chi connectivity index (χ3n) is 7.14. The molecule has 0 saturated heterocycles. The zero-order valence-corrected chi connectivity index (χ0v) is 26.8. The van der Waals surface area contributed by atoms with Gasteiger partial charge in [0, 0.05) is 31.5 Å². The van der Waals surface area contributed by atoms with E-state index in [1.165, 1.54) is 43.1 Å². The number of nitrogens with zero attached hydrogens (tertiary/aromatic N) is 4. The van der Waals surface area contributed by atoms with Crippen molar-refractivity contribution in [2.24, 2.45) is 0 Å². The highest BCUT2D eigenvalue weighted by atomic mass is 31.2. The first-order valence-corrected chi connectivity index (χ1v) is 16.3. The van der Waals surface area contributed by atoms with E-state index in [-0.39, 0.29) is 72.5 Å². The van der Waals surface area contributed by atoms with Gasteiger partial charge in [-0.2, -0.15) is 18.2 Å². The van der Waals surface area contributed by atoms with Crippen molar-refractivity contribution in [1.82, 2.24) is 24.8 Å². The molecule has 4 aliphatic rings. The molecule has 4 aromatic rings. The van der Waals surface area contributed by atoms with Crippen LogP contribution in [0.4, 0.5) is 36.3 Å². The molecule has 0 aliphatic carbocycles. The molecule has 1 atom stereocenters. The van der Waals surface area contributed by atoms with Gasteiger partial charge in [-0.1, -0.05) is 6.07 Å². The summed E-state index contributed by atoms with van der Waals surface area (Å²) >= 11 is 0. The standard InChI is InChI=1S/C30H31F3N7O7P/c1-4-46-48(44)16-17-6-7-21(24(12-17)45-3)38-29-35-14-19(30(31,32)33)26(39-29)37-22-9-8-20(36-25(22)27(41)34-2)18-13-23(28(42)43)40(15-18)10-5-11-47-48/h6-9,12-15H,4-5,10-11,16H2,1-3H3,(H,34,41)(H,42,43)(H2,35,37,38,39)/t48-/m1/s1. The molecule has 18 heteroatoms. The second-order valence-electron chi connectivity index (χ2n) is 10.4. The molecule has 14 nitrogen and oxygen atoms in total. The van der Waals surface area contributed by atoms with Crippen LogP contribution in [0.15, 0.2) is 48.8 Å². The first kappa shape index (κ1) is 34.3. The smallest absolute Gasteiger partial charge is 0.421 e. The summed E-state index contributed by atoms with van der Waals surface area (Å²) in [6.45, 7) is 1.90. The highest BCUT2D eigenvalue weighted by Gasteiger charge is 2.36. The number of amides is 1. The lowest BCUT2D eigenvalue weighted by Gasteiger charge is -2.19. The van der Waals surface area contributed by atoms with Gasteiger partial charge in [-0.05, 0) is 49.2 Å². The Hall–Kier alpha value is -4.99. The summed E-state index contributed by atoms with van der Waals surface area (Å²) < 4.78 is 74.1. The van der Waals surface area contributed by atoms with Gasteiger partial charge in [0.25, 0.3) is 5.91 Å². The SMILES string of the molecule is CCO[P@]1(=O)Cc2ccc(c(OC)c2)Nc2ncc(C(F)(F)F)c(n2)Nc2ccc(nc2C(=O)NC)-c2cc(C(=O)O)n(c2)CCCO1. The van der Waals surface area contributed by atoms with Gasteiger partial charge in [-0.3, -0.25) is 9.36 Å². The molecule has 0 radical (unpaired) electrons. The molecule has 0 spiro atoms. The fourth-order valence-electron chi connectivity index (χ4n) is 4.94. The quantitative estimate of drug-likeness (QED) is 0.178. The molecule has 1 amide bonds. The number of hydrogen-bond acceptors (Lipinski definition) is 11. The number of carboxylic acids is 1. The Kier molecular flexibility index (Phi) is 10.0. The lowest BCUT2D eigenvalue weighted by atomic mass is 10.1. The lowest BCUT2D eigenvalue weighted by molar-refractivity contribution is -0.137. The number of aromatic carboxylic acids is 1. The predicted octanol–water partition coefficient (Wildman–Crippen LogP) is 6.06. The van der Waals surface area contributed by atoms with Crippen molar-refractivity contribution in [3.05, 3.63) is 71.3 Å². The number of carboxylic acid groups (broad SMARTS) is 1. The Labute approximate surface area is 272 Å². The van der Waals surface area contributed by atoms with Gasteiger partial charge < -0.3 is 39.4 Å².